The lowest BCUT2D eigenvalue weighted by atomic mass is 9.88. The second-order valence-corrected chi connectivity index (χ2v) is 20.2. The highest BCUT2D eigenvalue weighted by atomic mass is 28.3. The summed E-state index contributed by atoms with van der Waals surface area (Å²) in [7, 11) is 2.25. The van der Waals surface area contributed by atoms with Crippen LogP contribution in [-0.4, -0.2) is 73.8 Å². The minimum absolute atomic E-state index is 0.0348. The summed E-state index contributed by atoms with van der Waals surface area (Å²) in [4.78, 5) is 14.2. The molecule has 1 saturated heterocycles. The Morgan fingerprint density at radius 3 is 2.59 bits per heavy atom. The first kappa shape index (κ1) is 35.7. The van der Waals surface area contributed by atoms with Crippen molar-refractivity contribution >= 4 is 19.0 Å². The molecule has 2 fully saturated rings. The van der Waals surface area contributed by atoms with Gasteiger partial charge in [-0.15, -0.1) is 0 Å². The molecule has 0 spiro atoms. The smallest absolute Gasteiger partial charge is 0.255 e. The molecule has 0 unspecified atom stereocenters. The molecule has 0 amide bonds. The molecule has 1 N–H and O–H groups in total. The number of nitrogens with zero attached hydrogens (tertiary/aromatic N) is 4. The molecule has 49 heavy (non-hydrogen) atoms. The number of benzene rings is 1. The molecule has 0 radical (unpaired) electrons. The van der Waals surface area contributed by atoms with E-state index in [1.165, 1.54) is 0 Å². The molecule has 266 valence electrons. The number of pyridine rings is 1. The summed E-state index contributed by atoms with van der Waals surface area (Å²) in [6, 6.07) is 9.86. The number of hydrogen-bond acceptors (Lipinski definition) is 10. The lowest BCUT2D eigenvalue weighted by Crippen LogP contribution is -2.46. The van der Waals surface area contributed by atoms with Crippen molar-refractivity contribution in [3.05, 3.63) is 60.3 Å². The van der Waals surface area contributed by atoms with Gasteiger partial charge in [-0.3, -0.25) is 4.98 Å². The maximum absolute atomic E-state index is 6.42. The zero-order valence-electron chi connectivity index (χ0n) is 30.0. The average Bonchev–Trinajstić information content (AvgIpc) is 3.85. The largest absolute Gasteiger partial charge is 0.496 e. The zero-order chi connectivity index (χ0) is 34.4. The Balaban J connectivity index is 1.25. The second kappa shape index (κ2) is 15.8. The first-order valence-electron chi connectivity index (χ1n) is 17.7. The van der Waals surface area contributed by atoms with Crippen molar-refractivity contribution in [2.24, 2.45) is 0 Å². The molecule has 1 aromatic carbocycles. The van der Waals surface area contributed by atoms with Gasteiger partial charge in [-0.05, 0) is 50.8 Å². The molecular formula is C37H53N5O6Si. The third-order valence-electron chi connectivity index (χ3n) is 9.72. The standard InChI is InChI=1S/C37H53N5O6Si/c1-26-11-12-27-20-30(34(44-3)23-32(27)40-26)33-24-39-35(42(33)25-45-18-19-49(4,5)6)31(41-28-21-29(22-28)43-2)10-8-7-9-13-37(47-16-17-48-37)36-38-14-15-46-36/h11-12,14-15,20,23-24,28-29,31,41H,7-10,13,16-19,21-22,25H2,1-6H3/t28?,29?,31-/m0/s1. The van der Waals surface area contributed by atoms with Crippen LogP contribution in [0, 0.1) is 6.92 Å². The topological polar surface area (TPSA) is 115 Å². The number of nitrogens with one attached hydrogen (secondary N) is 1. The van der Waals surface area contributed by atoms with Crippen LogP contribution in [0.25, 0.3) is 22.2 Å². The fourth-order valence-corrected chi connectivity index (χ4v) is 7.52. The van der Waals surface area contributed by atoms with Crippen molar-refractivity contribution in [2.75, 3.05) is 34.0 Å². The van der Waals surface area contributed by atoms with E-state index in [9.17, 15) is 0 Å². The molecule has 3 aromatic heterocycles. The van der Waals surface area contributed by atoms with Crippen LogP contribution >= 0.6 is 0 Å². The van der Waals surface area contributed by atoms with Crippen LogP contribution in [0.2, 0.25) is 25.7 Å². The Hall–Kier alpha value is -3.13. The molecule has 11 nitrogen and oxygen atoms in total. The van der Waals surface area contributed by atoms with E-state index in [1.54, 1.807) is 26.7 Å². The summed E-state index contributed by atoms with van der Waals surface area (Å²) in [6.45, 7) is 11.4. The highest BCUT2D eigenvalue weighted by Crippen LogP contribution is 2.38. The predicted molar refractivity (Wildman–Crippen MR) is 191 cm³/mol. The van der Waals surface area contributed by atoms with Crippen LogP contribution in [0.3, 0.4) is 0 Å². The van der Waals surface area contributed by atoms with E-state index in [0.717, 1.165) is 90.6 Å². The SMILES string of the molecule is COc1cc2nc(C)ccc2cc1-c1cnc([C@H](CCCCCC2(c3ncco3)OCCO2)NC2CC(OC)C2)n1COCC[Si](C)(C)C. The predicted octanol–water partition coefficient (Wildman–Crippen LogP) is 7.37. The van der Waals surface area contributed by atoms with E-state index in [4.69, 9.17) is 38.1 Å². The maximum atomic E-state index is 6.42. The van der Waals surface area contributed by atoms with Crippen LogP contribution in [0.1, 0.15) is 68.4 Å². The first-order chi connectivity index (χ1) is 23.7. The van der Waals surface area contributed by atoms with Gasteiger partial charge in [0, 0.05) is 57.0 Å². The molecule has 4 heterocycles. The van der Waals surface area contributed by atoms with E-state index in [2.05, 4.69) is 46.6 Å². The lowest BCUT2D eigenvalue weighted by Gasteiger charge is -2.37. The van der Waals surface area contributed by atoms with Crippen LogP contribution in [0.5, 0.6) is 5.75 Å². The lowest BCUT2D eigenvalue weighted by molar-refractivity contribution is -0.187. The Morgan fingerprint density at radius 2 is 1.88 bits per heavy atom. The van der Waals surface area contributed by atoms with E-state index in [1.807, 2.05) is 25.3 Å². The minimum Gasteiger partial charge on any atom is -0.496 e. The van der Waals surface area contributed by atoms with Gasteiger partial charge in [0.2, 0.25) is 5.79 Å². The number of aryl methyl sites for hydroxylation is 1. The molecule has 1 atom stereocenters. The number of ether oxygens (including phenoxy) is 5. The molecule has 6 rings (SSSR count). The molecule has 1 saturated carbocycles. The summed E-state index contributed by atoms with van der Waals surface area (Å²) < 4.78 is 37.9. The number of hydrogen-bond donors (Lipinski definition) is 1. The van der Waals surface area contributed by atoms with Gasteiger partial charge in [-0.25, -0.2) is 9.97 Å². The van der Waals surface area contributed by atoms with Crippen molar-refractivity contribution in [3.63, 3.8) is 0 Å². The fraction of sp³-hybridized carbons (Fsp3) is 0.595. The van der Waals surface area contributed by atoms with Gasteiger partial charge in [0.15, 0.2) is 0 Å². The summed E-state index contributed by atoms with van der Waals surface area (Å²) in [5, 5.41) is 5.01. The Kier molecular flexibility index (Phi) is 11.5. The Labute approximate surface area is 291 Å². The number of imidazole rings is 1. The minimum atomic E-state index is -1.26. The first-order valence-corrected chi connectivity index (χ1v) is 21.4. The summed E-state index contributed by atoms with van der Waals surface area (Å²) in [5.41, 5.74) is 3.83. The monoisotopic (exact) mass is 691 g/mol. The van der Waals surface area contributed by atoms with Crippen LogP contribution in [-0.2, 0) is 31.5 Å². The van der Waals surface area contributed by atoms with Gasteiger partial charge >= 0.3 is 0 Å². The van der Waals surface area contributed by atoms with Gasteiger partial charge in [-0.2, -0.15) is 0 Å². The van der Waals surface area contributed by atoms with Crippen molar-refractivity contribution in [2.45, 2.75) is 108 Å². The summed E-state index contributed by atoms with van der Waals surface area (Å²) in [6.07, 6.45) is 12.0. The van der Waals surface area contributed by atoms with E-state index < -0.39 is 13.9 Å². The van der Waals surface area contributed by atoms with Crippen molar-refractivity contribution < 1.29 is 28.1 Å². The summed E-state index contributed by atoms with van der Waals surface area (Å²) >= 11 is 0. The highest BCUT2D eigenvalue weighted by Gasteiger charge is 2.42. The number of oxazole rings is 1. The molecule has 1 aliphatic heterocycles. The third-order valence-corrected chi connectivity index (χ3v) is 11.4. The van der Waals surface area contributed by atoms with Gasteiger partial charge in [0.05, 0.1) is 56.1 Å². The molecule has 2 aliphatic rings. The molecule has 0 bridgehead atoms. The molecule has 4 aromatic rings. The Morgan fingerprint density at radius 1 is 1.06 bits per heavy atom. The molecule has 12 heteroatoms. The normalized spacial score (nSPS) is 19.7. The van der Waals surface area contributed by atoms with E-state index in [-0.39, 0.29) is 6.04 Å². The number of rotatable bonds is 18. The fourth-order valence-electron chi connectivity index (χ4n) is 6.77. The number of unbranched alkanes of at least 4 members (excludes halogenated alkanes) is 2. The number of aromatic nitrogens is 4. The Bertz CT molecular complexity index is 1640. The highest BCUT2D eigenvalue weighted by molar-refractivity contribution is 6.76. The van der Waals surface area contributed by atoms with Crippen molar-refractivity contribution in [3.8, 4) is 17.0 Å². The number of methoxy groups -OCH3 is 2. The van der Waals surface area contributed by atoms with Gasteiger partial charge < -0.3 is 38.0 Å². The molecule has 1 aliphatic carbocycles. The van der Waals surface area contributed by atoms with Gasteiger partial charge in [0.1, 0.15) is 24.6 Å². The zero-order valence-corrected chi connectivity index (χ0v) is 31.0. The van der Waals surface area contributed by atoms with E-state index in [0.29, 0.717) is 44.4 Å². The van der Waals surface area contributed by atoms with Crippen LogP contribution < -0.4 is 10.1 Å². The quantitative estimate of drug-likeness (QED) is 0.0838. The second-order valence-electron chi connectivity index (χ2n) is 14.6. The maximum Gasteiger partial charge on any atom is 0.255 e. The van der Waals surface area contributed by atoms with Crippen molar-refractivity contribution in [1.29, 1.82) is 0 Å². The number of fused-ring (bicyclic) bond motifs is 1. The third kappa shape index (κ3) is 8.61. The van der Waals surface area contributed by atoms with Gasteiger partial charge in [-0.1, -0.05) is 38.5 Å². The molecular weight excluding hydrogens is 639 g/mol. The summed E-state index contributed by atoms with van der Waals surface area (Å²) in [5.74, 6) is 1.37. The van der Waals surface area contributed by atoms with Crippen LogP contribution in [0.15, 0.2) is 47.3 Å². The van der Waals surface area contributed by atoms with Crippen molar-refractivity contribution in [1.82, 2.24) is 24.8 Å². The van der Waals surface area contributed by atoms with Gasteiger partial charge in [0.25, 0.3) is 5.89 Å². The van der Waals surface area contributed by atoms with E-state index >= 15 is 0 Å². The van der Waals surface area contributed by atoms with Crippen LogP contribution in [0.4, 0.5) is 0 Å². The average molecular weight is 692 g/mol.